The molecule has 0 unspecified atom stereocenters. The lowest BCUT2D eigenvalue weighted by Crippen LogP contribution is -2.50. The molecule has 5 heteroatoms. The number of furan rings is 1. The van der Waals surface area contributed by atoms with Gasteiger partial charge in [-0.3, -0.25) is 4.79 Å². The van der Waals surface area contributed by atoms with Crippen LogP contribution in [0.5, 0.6) is 0 Å². The zero-order valence-electron chi connectivity index (χ0n) is 13.5. The lowest BCUT2D eigenvalue weighted by molar-refractivity contribution is -0.138. The lowest BCUT2D eigenvalue weighted by atomic mass is 9.89. The number of rotatable bonds is 5. The maximum absolute atomic E-state index is 12.5. The van der Waals surface area contributed by atoms with Gasteiger partial charge in [0.15, 0.2) is 0 Å². The predicted octanol–water partition coefficient (Wildman–Crippen LogP) is 2.40. The molecule has 1 aromatic rings. The second-order valence-corrected chi connectivity index (χ2v) is 7.27. The summed E-state index contributed by atoms with van der Waals surface area (Å²) in [7, 11) is 0. The number of likely N-dealkylation sites (tertiary alicyclic amines) is 1. The Morgan fingerprint density at radius 2 is 2.35 bits per heavy atom. The fraction of sp³-hybridized carbons (Fsp3) is 0.722. The number of nitrogens with zero attached hydrogens (tertiary/aromatic N) is 1. The molecule has 1 saturated carbocycles. The van der Waals surface area contributed by atoms with Crippen molar-refractivity contribution in [1.29, 1.82) is 0 Å². The minimum atomic E-state index is -0.189. The van der Waals surface area contributed by atoms with E-state index < -0.39 is 0 Å². The Kier molecular flexibility index (Phi) is 4.16. The SMILES string of the molecule is O=C(Cc1ccco1)N1CCC[C@]2(C[C@H](OCC3CC3)CO2)C1. The van der Waals surface area contributed by atoms with Crippen LogP contribution in [-0.4, -0.2) is 48.8 Å². The van der Waals surface area contributed by atoms with Crippen LogP contribution in [-0.2, 0) is 20.7 Å². The minimum Gasteiger partial charge on any atom is -0.469 e. The van der Waals surface area contributed by atoms with Gasteiger partial charge in [0.25, 0.3) is 0 Å². The van der Waals surface area contributed by atoms with Crippen LogP contribution in [0.15, 0.2) is 22.8 Å². The van der Waals surface area contributed by atoms with Gasteiger partial charge in [0.2, 0.25) is 5.91 Å². The van der Waals surface area contributed by atoms with Crippen molar-refractivity contribution < 1.29 is 18.7 Å². The Morgan fingerprint density at radius 3 is 3.13 bits per heavy atom. The third-order valence-corrected chi connectivity index (χ3v) is 5.24. The molecule has 0 N–H and O–H groups in total. The van der Waals surface area contributed by atoms with Crippen molar-refractivity contribution in [2.75, 3.05) is 26.3 Å². The molecule has 4 rings (SSSR count). The Labute approximate surface area is 136 Å². The molecule has 1 amide bonds. The Bertz CT molecular complexity index is 539. The molecule has 0 bridgehead atoms. The Balaban J connectivity index is 1.32. The first-order valence-electron chi connectivity index (χ1n) is 8.78. The molecule has 1 aromatic heterocycles. The highest BCUT2D eigenvalue weighted by Crippen LogP contribution is 2.37. The van der Waals surface area contributed by atoms with Crippen LogP contribution in [0.1, 0.15) is 37.9 Å². The Morgan fingerprint density at radius 1 is 1.43 bits per heavy atom. The molecular formula is C18H25NO4. The summed E-state index contributed by atoms with van der Waals surface area (Å²) in [5.74, 6) is 1.64. The van der Waals surface area contributed by atoms with E-state index in [4.69, 9.17) is 13.9 Å². The first-order chi connectivity index (χ1) is 11.2. The van der Waals surface area contributed by atoms with Crippen LogP contribution in [0.4, 0.5) is 0 Å². The summed E-state index contributed by atoms with van der Waals surface area (Å²) in [5, 5.41) is 0. The number of piperidine rings is 1. The van der Waals surface area contributed by atoms with E-state index in [-0.39, 0.29) is 17.6 Å². The summed E-state index contributed by atoms with van der Waals surface area (Å²) >= 11 is 0. The van der Waals surface area contributed by atoms with E-state index in [1.165, 1.54) is 12.8 Å². The maximum Gasteiger partial charge on any atom is 0.230 e. The molecule has 2 aliphatic heterocycles. The number of hydrogen-bond acceptors (Lipinski definition) is 4. The smallest absolute Gasteiger partial charge is 0.230 e. The molecule has 0 radical (unpaired) electrons. The van der Waals surface area contributed by atoms with Gasteiger partial charge >= 0.3 is 0 Å². The van der Waals surface area contributed by atoms with Crippen molar-refractivity contribution in [2.24, 2.45) is 5.92 Å². The molecule has 23 heavy (non-hydrogen) atoms. The standard InChI is InChI=1S/C18H25NO4/c20-17(9-15-3-1-8-21-15)19-7-2-6-18(13-19)10-16(12-23-18)22-11-14-4-5-14/h1,3,8,14,16H,2,4-7,9-13H2/t16-,18-/m0/s1. The van der Waals surface area contributed by atoms with E-state index in [0.717, 1.165) is 44.1 Å². The van der Waals surface area contributed by atoms with Gasteiger partial charge in [-0.25, -0.2) is 0 Å². The van der Waals surface area contributed by atoms with E-state index in [9.17, 15) is 4.79 Å². The van der Waals surface area contributed by atoms with Gasteiger partial charge in [0.05, 0.1) is 31.0 Å². The summed E-state index contributed by atoms with van der Waals surface area (Å²) in [6, 6.07) is 3.67. The summed E-state index contributed by atoms with van der Waals surface area (Å²) in [5.41, 5.74) is -0.189. The van der Waals surface area contributed by atoms with E-state index in [0.29, 0.717) is 19.6 Å². The topological polar surface area (TPSA) is 51.9 Å². The number of amides is 1. The summed E-state index contributed by atoms with van der Waals surface area (Å²) in [6.45, 7) is 3.06. The molecule has 3 fully saturated rings. The fourth-order valence-electron chi connectivity index (χ4n) is 3.74. The van der Waals surface area contributed by atoms with Gasteiger partial charge in [-0.15, -0.1) is 0 Å². The quantitative estimate of drug-likeness (QED) is 0.836. The van der Waals surface area contributed by atoms with Crippen molar-refractivity contribution in [3.8, 4) is 0 Å². The highest BCUT2D eigenvalue weighted by molar-refractivity contribution is 5.78. The van der Waals surface area contributed by atoms with Crippen molar-refractivity contribution >= 4 is 5.91 Å². The molecule has 2 saturated heterocycles. The lowest BCUT2D eigenvalue weighted by Gasteiger charge is -2.39. The number of carbonyl (C=O) groups excluding carboxylic acids is 1. The van der Waals surface area contributed by atoms with Gasteiger partial charge < -0.3 is 18.8 Å². The van der Waals surface area contributed by atoms with Crippen LogP contribution in [0, 0.1) is 5.92 Å². The van der Waals surface area contributed by atoms with Gasteiger partial charge in [0, 0.05) is 26.1 Å². The van der Waals surface area contributed by atoms with Crippen LogP contribution >= 0.6 is 0 Å². The van der Waals surface area contributed by atoms with Crippen LogP contribution < -0.4 is 0 Å². The van der Waals surface area contributed by atoms with Crippen LogP contribution in [0.3, 0.4) is 0 Å². The zero-order valence-corrected chi connectivity index (χ0v) is 13.5. The van der Waals surface area contributed by atoms with Crippen molar-refractivity contribution in [3.05, 3.63) is 24.2 Å². The van der Waals surface area contributed by atoms with Gasteiger partial charge in [-0.1, -0.05) is 0 Å². The summed E-state index contributed by atoms with van der Waals surface area (Å²) in [4.78, 5) is 14.4. The summed E-state index contributed by atoms with van der Waals surface area (Å²) in [6.07, 6.45) is 7.73. The van der Waals surface area contributed by atoms with Crippen molar-refractivity contribution in [3.63, 3.8) is 0 Å². The first kappa shape index (κ1) is 15.2. The molecule has 3 heterocycles. The minimum absolute atomic E-state index is 0.130. The summed E-state index contributed by atoms with van der Waals surface area (Å²) < 4.78 is 17.4. The number of hydrogen-bond donors (Lipinski definition) is 0. The van der Waals surface area contributed by atoms with E-state index in [1.807, 2.05) is 17.0 Å². The molecule has 0 aromatic carbocycles. The largest absolute Gasteiger partial charge is 0.469 e. The molecule has 2 atom stereocenters. The third kappa shape index (κ3) is 3.61. The van der Waals surface area contributed by atoms with Crippen molar-refractivity contribution in [1.82, 2.24) is 4.90 Å². The van der Waals surface area contributed by atoms with E-state index in [1.54, 1.807) is 6.26 Å². The highest BCUT2D eigenvalue weighted by Gasteiger charge is 2.45. The average Bonchev–Trinajstić information content (AvgIpc) is 3.10. The number of carbonyl (C=O) groups is 1. The normalized spacial score (nSPS) is 31.0. The fourth-order valence-corrected chi connectivity index (χ4v) is 3.74. The highest BCUT2D eigenvalue weighted by atomic mass is 16.6. The second-order valence-electron chi connectivity index (χ2n) is 7.27. The van der Waals surface area contributed by atoms with Crippen LogP contribution in [0.25, 0.3) is 0 Å². The monoisotopic (exact) mass is 319 g/mol. The van der Waals surface area contributed by atoms with E-state index >= 15 is 0 Å². The average molecular weight is 319 g/mol. The van der Waals surface area contributed by atoms with Gasteiger partial charge in [-0.05, 0) is 43.7 Å². The molecular weight excluding hydrogens is 294 g/mol. The number of ether oxygens (including phenoxy) is 2. The van der Waals surface area contributed by atoms with Crippen LogP contribution in [0.2, 0.25) is 0 Å². The molecule has 126 valence electrons. The zero-order chi connectivity index (χ0) is 15.7. The molecule has 5 nitrogen and oxygen atoms in total. The predicted molar refractivity (Wildman–Crippen MR) is 84.0 cm³/mol. The van der Waals surface area contributed by atoms with Crippen molar-refractivity contribution in [2.45, 2.75) is 50.2 Å². The maximum atomic E-state index is 12.5. The molecule has 1 aliphatic carbocycles. The van der Waals surface area contributed by atoms with E-state index in [2.05, 4.69) is 0 Å². The molecule has 1 spiro atoms. The first-order valence-corrected chi connectivity index (χ1v) is 8.78. The third-order valence-electron chi connectivity index (χ3n) is 5.24. The molecule has 3 aliphatic rings. The van der Waals surface area contributed by atoms with Gasteiger partial charge in [-0.2, -0.15) is 0 Å². The second kappa shape index (κ2) is 6.29. The van der Waals surface area contributed by atoms with Gasteiger partial charge in [0.1, 0.15) is 5.76 Å². The Hall–Kier alpha value is -1.33.